The van der Waals surface area contributed by atoms with E-state index in [0.29, 0.717) is 27.9 Å². The number of hydrogen-bond donors (Lipinski definition) is 2. The molecule has 0 spiro atoms. The van der Waals surface area contributed by atoms with Crippen LogP contribution in [0, 0.1) is 0 Å². The maximum atomic E-state index is 14.4. The summed E-state index contributed by atoms with van der Waals surface area (Å²) in [5, 5.41) is 5.17. The van der Waals surface area contributed by atoms with Gasteiger partial charge in [-0.3, -0.25) is 0 Å². The number of rotatable bonds is 15. The fraction of sp³-hybridized carbons (Fsp3) is 0.324. The Morgan fingerprint density at radius 1 is 0.942 bits per heavy atom. The van der Waals surface area contributed by atoms with E-state index in [1.165, 1.54) is 4.90 Å². The van der Waals surface area contributed by atoms with Gasteiger partial charge in [-0.05, 0) is 20.8 Å². The molecule has 0 aromatic heterocycles. The van der Waals surface area contributed by atoms with Crippen LogP contribution < -0.4 is 26.7 Å². The zero-order valence-corrected chi connectivity index (χ0v) is 31.3. The summed E-state index contributed by atoms with van der Waals surface area (Å²) in [7, 11) is -5.02. The Hall–Kier alpha value is -4.59. The number of carbonyl (C=O) groups excluding carboxylic acids is 3. The predicted molar refractivity (Wildman–Crippen MR) is 200 cm³/mol. The first-order chi connectivity index (χ1) is 24.7. The van der Waals surface area contributed by atoms with Gasteiger partial charge in [0.05, 0.1) is 0 Å². The van der Waals surface area contributed by atoms with Crippen LogP contribution in [-0.2, 0) is 33.0 Å². The Balaban J connectivity index is 1.36. The van der Waals surface area contributed by atoms with Crippen molar-refractivity contribution in [2.24, 2.45) is 0 Å². The molecule has 0 saturated carbocycles. The summed E-state index contributed by atoms with van der Waals surface area (Å²) in [6, 6.07) is 24.6. The molecule has 52 heavy (non-hydrogen) atoms. The number of fused-ring (bicyclic) bond motifs is 2. The molecule has 2 atom stereocenters. The summed E-state index contributed by atoms with van der Waals surface area (Å²) in [6.07, 6.45) is 3.14. The normalized spacial score (nSPS) is 18.2. The fourth-order valence-corrected chi connectivity index (χ4v) is 14.4. The van der Waals surface area contributed by atoms with Gasteiger partial charge < -0.3 is 10.1 Å². The van der Waals surface area contributed by atoms with Gasteiger partial charge in [-0.15, -0.1) is 0 Å². The quantitative estimate of drug-likeness (QED) is 0.101. The SMILES string of the molecule is C=CCP(OS(=O)(=O)ON1C(=O)N2C[C@H]1C=C(C)[C@H]2C(=O)NOCCCNC(=O)OC(C)(C)C)(c1ccccc1)(c1ccccc1)c1ccccc1. The van der Waals surface area contributed by atoms with Crippen LogP contribution in [0.25, 0.3) is 0 Å². The van der Waals surface area contributed by atoms with Gasteiger partial charge in [-0.1, -0.05) is 0 Å². The second-order valence-corrected chi connectivity index (χ2v) is 19.4. The molecule has 1 fully saturated rings. The van der Waals surface area contributed by atoms with Crippen LogP contribution >= 0.6 is 6.83 Å². The van der Waals surface area contributed by atoms with Crippen LogP contribution in [-0.4, -0.2) is 80.0 Å². The van der Waals surface area contributed by atoms with Crippen molar-refractivity contribution < 1.29 is 40.6 Å². The van der Waals surface area contributed by atoms with Crippen LogP contribution in [0.15, 0.2) is 115 Å². The van der Waals surface area contributed by atoms with Gasteiger partial charge in [-0.25, -0.2) is 4.79 Å². The maximum absolute atomic E-state index is 14.4. The molecule has 0 unspecified atom stereocenters. The van der Waals surface area contributed by atoms with Gasteiger partial charge in [-0.2, -0.15) is 0 Å². The van der Waals surface area contributed by atoms with E-state index in [-0.39, 0.29) is 25.9 Å². The Kier molecular flexibility index (Phi) is 11.6. The van der Waals surface area contributed by atoms with Crippen molar-refractivity contribution >= 4 is 51.2 Å². The van der Waals surface area contributed by atoms with Crippen LogP contribution in [0.2, 0.25) is 0 Å². The van der Waals surface area contributed by atoms with Crippen molar-refractivity contribution in [3.05, 3.63) is 115 Å². The third-order valence-electron chi connectivity index (χ3n) is 8.64. The molecule has 15 heteroatoms. The summed E-state index contributed by atoms with van der Waals surface area (Å²) in [6.45, 7) is 6.78. The van der Waals surface area contributed by atoms with E-state index in [1.54, 1.807) is 39.8 Å². The van der Waals surface area contributed by atoms with E-state index < -0.39 is 52.9 Å². The number of hydrogen-bond acceptors (Lipinski definition) is 9. The average molecular weight is 753 g/mol. The third kappa shape index (κ3) is 7.91. The van der Waals surface area contributed by atoms with E-state index in [9.17, 15) is 22.8 Å². The monoisotopic (exact) mass is 752 g/mol. The Morgan fingerprint density at radius 3 is 1.98 bits per heavy atom. The van der Waals surface area contributed by atoms with E-state index in [2.05, 4.69) is 17.4 Å². The van der Waals surface area contributed by atoms with E-state index in [0.717, 1.165) is 5.06 Å². The molecule has 2 heterocycles. The van der Waals surface area contributed by atoms with Crippen molar-refractivity contribution in [2.45, 2.75) is 51.8 Å². The van der Waals surface area contributed by atoms with Crippen LogP contribution in [0.3, 0.4) is 0 Å². The Bertz CT molecular complexity index is 1810. The number of nitrogens with one attached hydrogen (secondary N) is 2. The molecule has 2 bridgehead atoms. The second-order valence-electron chi connectivity index (χ2n) is 13.5. The molecule has 2 aliphatic rings. The second kappa shape index (κ2) is 15.6. The van der Waals surface area contributed by atoms with Gasteiger partial charge in [0.2, 0.25) is 0 Å². The molecule has 4 amide bonds. The fourth-order valence-electron chi connectivity index (χ4n) is 6.57. The summed E-state index contributed by atoms with van der Waals surface area (Å²) in [4.78, 5) is 45.4. The van der Waals surface area contributed by atoms with Crippen molar-refractivity contribution in [1.82, 2.24) is 20.8 Å². The van der Waals surface area contributed by atoms with Crippen LogP contribution in [0.5, 0.6) is 0 Å². The van der Waals surface area contributed by atoms with Crippen molar-refractivity contribution in [3.8, 4) is 0 Å². The molecule has 3 aromatic carbocycles. The van der Waals surface area contributed by atoms with Gasteiger partial charge in [0.1, 0.15) is 5.60 Å². The van der Waals surface area contributed by atoms with Crippen molar-refractivity contribution in [1.29, 1.82) is 0 Å². The van der Waals surface area contributed by atoms with Crippen molar-refractivity contribution in [3.63, 3.8) is 0 Å². The van der Waals surface area contributed by atoms with Gasteiger partial charge in [0, 0.05) is 6.54 Å². The van der Waals surface area contributed by atoms with Gasteiger partial charge >= 0.3 is 258 Å². The number of allylic oxidation sites excluding steroid dienone is 1. The molecular formula is C37H45N4O9PS. The van der Waals surface area contributed by atoms with Crippen LogP contribution in [0.4, 0.5) is 9.59 Å². The molecule has 278 valence electrons. The standard InChI is InChI=1S/C37H45N4O9PS/c1-6-25-51(30-17-10-7-11-18-30,31-19-12-8-13-20-31,32-21-14-9-15-22-32)50-52(45,46)49-41-29-26-28(2)33(40(27-29)36(41)44)34(42)39-47-24-16-23-38-35(43)48-37(3,4)5/h6-15,17-22,26,29,33H,1,16,23-25,27H2,2-5H3,(H,38,43)(H,39,42)/t29-,33+/m1/s1. The van der Waals surface area contributed by atoms with Crippen molar-refractivity contribution in [2.75, 3.05) is 25.9 Å². The number of urea groups is 1. The topological polar surface area (TPSA) is 153 Å². The van der Waals surface area contributed by atoms with E-state index in [1.807, 2.05) is 91.0 Å². The summed E-state index contributed by atoms with van der Waals surface area (Å²) in [5.41, 5.74) is 2.22. The first kappa shape index (κ1) is 38.6. The predicted octanol–water partition coefficient (Wildman–Crippen LogP) is 4.21. The average Bonchev–Trinajstić information content (AvgIpc) is 3.34. The molecule has 5 rings (SSSR count). The minimum atomic E-state index is -5.02. The van der Waals surface area contributed by atoms with E-state index >= 15 is 0 Å². The number of ether oxygens (including phenoxy) is 1. The Morgan fingerprint density at radius 2 is 1.48 bits per heavy atom. The molecule has 0 aliphatic carbocycles. The van der Waals surface area contributed by atoms with Gasteiger partial charge in [0.15, 0.2) is 0 Å². The molecule has 2 aliphatic heterocycles. The number of hydroxylamine groups is 3. The molecule has 3 aromatic rings. The summed E-state index contributed by atoms with van der Waals surface area (Å²) >= 11 is 0. The molecule has 1 saturated heterocycles. The van der Waals surface area contributed by atoms with Gasteiger partial charge in [0.25, 0.3) is 0 Å². The minimum absolute atomic E-state index is 0.0180. The third-order valence-corrected chi connectivity index (χ3v) is 16.2. The van der Waals surface area contributed by atoms with Crippen LogP contribution in [0.1, 0.15) is 34.1 Å². The Labute approximate surface area is 304 Å². The number of nitrogens with zero attached hydrogens (tertiary/aromatic N) is 2. The number of alkyl carbamates (subject to hydrolysis) is 1. The number of carbonyl (C=O) groups is 3. The molecule has 2 N–H and O–H groups in total. The number of amides is 4. The van der Waals surface area contributed by atoms with E-state index in [4.69, 9.17) is 17.8 Å². The summed E-state index contributed by atoms with van der Waals surface area (Å²) < 4.78 is 46.0. The number of benzene rings is 3. The molecule has 13 nitrogen and oxygen atoms in total. The molecular weight excluding hydrogens is 707 g/mol. The first-order valence-electron chi connectivity index (χ1n) is 16.8. The zero-order chi connectivity index (χ0) is 37.6. The first-order valence-corrected chi connectivity index (χ1v) is 20.5. The summed E-state index contributed by atoms with van der Waals surface area (Å²) in [5.74, 6) is -0.630. The zero-order valence-electron chi connectivity index (χ0n) is 29.6. The molecule has 0 radical (unpaired) electrons.